The van der Waals surface area contributed by atoms with Crippen LogP contribution in [0.5, 0.6) is 11.6 Å². The number of hydrogen-bond donors (Lipinski definition) is 4. The lowest BCUT2D eigenvalue weighted by Gasteiger charge is -2.32. The molecular formula is C37H46FN5O9S. The van der Waals surface area contributed by atoms with Gasteiger partial charge >= 0.3 is 6.09 Å². The van der Waals surface area contributed by atoms with Crippen LogP contribution in [0.25, 0.3) is 10.8 Å². The van der Waals surface area contributed by atoms with E-state index >= 15 is 0 Å². The highest BCUT2D eigenvalue weighted by molar-refractivity contribution is 7.91. The van der Waals surface area contributed by atoms with Crippen molar-refractivity contribution < 1.29 is 46.6 Å². The maximum absolute atomic E-state index is 14.6. The third kappa shape index (κ3) is 8.06. The van der Waals surface area contributed by atoms with Gasteiger partial charge in [0.1, 0.15) is 35.3 Å². The summed E-state index contributed by atoms with van der Waals surface area (Å²) in [5.41, 5.74) is -1.56. The number of halogens is 1. The summed E-state index contributed by atoms with van der Waals surface area (Å²) in [6, 6.07) is 1.75. The summed E-state index contributed by atoms with van der Waals surface area (Å²) in [6.45, 7) is 4.16. The number of amides is 4. The highest BCUT2D eigenvalue weighted by Crippen LogP contribution is 2.46. The minimum atomic E-state index is -3.93. The molecule has 1 saturated heterocycles. The maximum atomic E-state index is 14.6. The molecule has 0 bridgehead atoms. The zero-order valence-corrected chi connectivity index (χ0v) is 30.6. The Hall–Kier alpha value is -4.47. The number of carbonyl (C=O) groups excluding carboxylic acids is 3. The van der Waals surface area contributed by atoms with E-state index in [2.05, 4.69) is 20.3 Å². The van der Waals surface area contributed by atoms with E-state index in [1.54, 1.807) is 13.0 Å². The fourth-order valence-electron chi connectivity index (χ4n) is 7.65. The van der Waals surface area contributed by atoms with Crippen molar-refractivity contribution in [3.8, 4) is 11.6 Å². The first-order valence-electron chi connectivity index (χ1n) is 18.5. The van der Waals surface area contributed by atoms with Crippen LogP contribution in [0, 0.1) is 29.5 Å². The van der Waals surface area contributed by atoms with Crippen molar-refractivity contribution >= 4 is 44.6 Å². The number of allylic oxidation sites excluding steroid dienone is 1. The van der Waals surface area contributed by atoms with Gasteiger partial charge in [-0.05, 0) is 87.3 Å². The number of rotatable bonds is 9. The zero-order valence-electron chi connectivity index (χ0n) is 29.8. The number of aromatic nitrogens is 1. The fourth-order valence-corrected chi connectivity index (χ4v) is 9.02. The molecule has 0 unspecified atom stereocenters. The number of nitrogens with zero attached hydrogens (tertiary/aromatic N) is 2. The summed E-state index contributed by atoms with van der Waals surface area (Å²) in [5, 5.41) is 15.2. The number of ether oxygens (including phenoxy) is 2. The number of benzene rings is 1. The highest BCUT2D eigenvalue weighted by Gasteiger charge is 2.62. The second kappa shape index (κ2) is 14.4. The van der Waals surface area contributed by atoms with Gasteiger partial charge in [-0.3, -0.25) is 19.1 Å². The lowest BCUT2D eigenvalue weighted by atomic mass is 9.88. The van der Waals surface area contributed by atoms with Gasteiger partial charge in [0.25, 0.3) is 5.91 Å². The molecule has 4 fully saturated rings. The highest BCUT2D eigenvalue weighted by atomic mass is 32.2. The normalized spacial score (nSPS) is 30.7. The molecule has 4 N–H and O–H groups in total. The number of carboxylic acid groups (broad SMARTS) is 1. The van der Waals surface area contributed by atoms with E-state index < -0.39 is 80.5 Å². The summed E-state index contributed by atoms with van der Waals surface area (Å²) in [4.78, 5) is 60.0. The molecule has 53 heavy (non-hydrogen) atoms. The number of pyridine rings is 1. The number of sulfonamides is 1. The van der Waals surface area contributed by atoms with Crippen LogP contribution >= 0.6 is 0 Å². The summed E-state index contributed by atoms with van der Waals surface area (Å²) < 4.78 is 54.7. The molecule has 4 amide bonds. The Bertz CT molecular complexity index is 1940. The van der Waals surface area contributed by atoms with Crippen molar-refractivity contribution in [1.29, 1.82) is 0 Å². The van der Waals surface area contributed by atoms with E-state index in [4.69, 9.17) is 9.47 Å². The SMILES string of the molecule is C[C@@H]1CCC=C[C@@H]2C[C@@]2(C(=O)NS(=O)(=O)C2CC2)NC(=O)[C@@H]2C[C@@H](Oc3ncc(OCC4CC4)c4ccc(F)cc34)CN2C(=O)[C@@H](NC(=O)O)[C@H](C)C1. The van der Waals surface area contributed by atoms with Gasteiger partial charge in [0.2, 0.25) is 27.7 Å². The first-order chi connectivity index (χ1) is 25.2. The smallest absolute Gasteiger partial charge is 0.405 e. The largest absolute Gasteiger partial charge is 0.491 e. The quantitative estimate of drug-likeness (QED) is 0.275. The topological polar surface area (TPSA) is 193 Å². The van der Waals surface area contributed by atoms with E-state index in [-0.39, 0.29) is 31.2 Å². The van der Waals surface area contributed by atoms with Gasteiger partial charge in [-0.15, -0.1) is 0 Å². The van der Waals surface area contributed by atoms with Crippen LogP contribution in [0.2, 0.25) is 0 Å². The van der Waals surface area contributed by atoms with Gasteiger partial charge in [0.05, 0.1) is 30.0 Å². The Balaban J connectivity index is 1.20. The van der Waals surface area contributed by atoms with Gasteiger partial charge in [0.15, 0.2) is 0 Å². The minimum Gasteiger partial charge on any atom is -0.491 e. The molecule has 2 aromatic rings. The van der Waals surface area contributed by atoms with Crippen molar-refractivity contribution in [1.82, 2.24) is 25.2 Å². The standard InChI is InChI=1S/C37H46FN5O9S/c1-20-5-3-4-6-23-16-37(23,35(46)42-53(49,50)26-10-11-26)41-32(44)29-15-25(18-43(29)34(45)31(21(2)13-20)40-36(47)48)52-33-28-14-24(38)9-12-27(28)30(17-39-33)51-19-22-7-8-22/h4,6,9,12,14,17,20-23,25-26,29,31,40H,3,5,7-8,10-11,13,15-16,18-19H2,1-2H3,(H,41,44)(H,42,46)(H,47,48)/t20-,21-,23-,25-,29+,31+,37-/m1/s1. The Labute approximate surface area is 307 Å². The Morgan fingerprint density at radius 3 is 2.60 bits per heavy atom. The van der Waals surface area contributed by atoms with Gasteiger partial charge in [-0.2, -0.15) is 0 Å². The molecule has 3 heterocycles. The minimum absolute atomic E-state index is 0.0646. The predicted molar refractivity (Wildman–Crippen MR) is 190 cm³/mol. The molecule has 3 saturated carbocycles. The third-order valence-electron chi connectivity index (χ3n) is 11.1. The third-order valence-corrected chi connectivity index (χ3v) is 12.9. The van der Waals surface area contributed by atoms with E-state index in [0.29, 0.717) is 54.7 Å². The molecule has 286 valence electrons. The van der Waals surface area contributed by atoms with E-state index in [9.17, 15) is 37.1 Å². The molecule has 3 aliphatic carbocycles. The van der Waals surface area contributed by atoms with E-state index in [1.807, 2.05) is 19.1 Å². The summed E-state index contributed by atoms with van der Waals surface area (Å²) in [6.07, 6.45) is 8.00. The molecule has 7 rings (SSSR count). The summed E-state index contributed by atoms with van der Waals surface area (Å²) in [5.74, 6) is -2.53. The maximum Gasteiger partial charge on any atom is 0.405 e. The van der Waals surface area contributed by atoms with Gasteiger partial charge < -0.3 is 30.1 Å². The zero-order chi connectivity index (χ0) is 37.7. The van der Waals surface area contributed by atoms with Crippen LogP contribution < -0.4 is 24.8 Å². The number of fused-ring (bicyclic) bond motifs is 3. The first kappa shape index (κ1) is 36.9. The number of nitrogens with one attached hydrogen (secondary N) is 3. The van der Waals surface area contributed by atoms with Crippen molar-refractivity contribution in [2.75, 3.05) is 13.2 Å². The molecule has 0 radical (unpaired) electrons. The monoisotopic (exact) mass is 755 g/mol. The van der Waals surface area contributed by atoms with Crippen LogP contribution in [-0.2, 0) is 24.4 Å². The van der Waals surface area contributed by atoms with Crippen LogP contribution in [0.1, 0.15) is 71.6 Å². The first-order valence-corrected chi connectivity index (χ1v) is 20.0. The molecule has 14 nitrogen and oxygen atoms in total. The second-order valence-electron chi connectivity index (χ2n) is 15.6. The molecule has 5 aliphatic rings. The predicted octanol–water partition coefficient (Wildman–Crippen LogP) is 3.64. The summed E-state index contributed by atoms with van der Waals surface area (Å²) in [7, 11) is -3.93. The summed E-state index contributed by atoms with van der Waals surface area (Å²) >= 11 is 0. The lowest BCUT2D eigenvalue weighted by molar-refractivity contribution is -0.142. The van der Waals surface area contributed by atoms with Gasteiger partial charge in [0, 0.05) is 17.7 Å². The van der Waals surface area contributed by atoms with Crippen LogP contribution in [0.15, 0.2) is 36.5 Å². The lowest BCUT2D eigenvalue weighted by Crippen LogP contribution is -2.59. The Morgan fingerprint density at radius 1 is 1.11 bits per heavy atom. The Kier molecular flexibility index (Phi) is 10.0. The van der Waals surface area contributed by atoms with Crippen molar-refractivity contribution in [2.24, 2.45) is 23.7 Å². The molecule has 0 spiro atoms. The molecule has 2 aliphatic heterocycles. The molecule has 1 aromatic carbocycles. The average molecular weight is 756 g/mol. The van der Waals surface area contributed by atoms with E-state index in [0.717, 1.165) is 19.3 Å². The van der Waals surface area contributed by atoms with Crippen LogP contribution in [0.3, 0.4) is 0 Å². The number of carbonyl (C=O) groups is 4. The molecule has 1 aromatic heterocycles. The molecule has 7 atom stereocenters. The molecule has 16 heteroatoms. The number of hydrogen-bond acceptors (Lipinski definition) is 9. The van der Waals surface area contributed by atoms with Crippen molar-refractivity contribution in [2.45, 2.75) is 101 Å². The van der Waals surface area contributed by atoms with Gasteiger partial charge in [-0.1, -0.05) is 26.0 Å². The van der Waals surface area contributed by atoms with E-state index in [1.165, 1.54) is 23.2 Å². The van der Waals surface area contributed by atoms with Crippen molar-refractivity contribution in [3.63, 3.8) is 0 Å². The Morgan fingerprint density at radius 2 is 1.89 bits per heavy atom. The van der Waals surface area contributed by atoms with Crippen LogP contribution in [0.4, 0.5) is 9.18 Å². The molecular weight excluding hydrogens is 709 g/mol. The second-order valence-corrected chi connectivity index (χ2v) is 17.5. The average Bonchev–Trinajstić information content (AvgIpc) is 3.99. The fraction of sp³-hybridized carbons (Fsp3) is 0.595. The van der Waals surface area contributed by atoms with Crippen molar-refractivity contribution in [3.05, 3.63) is 42.4 Å². The van der Waals surface area contributed by atoms with Crippen LogP contribution in [-0.4, -0.2) is 89.4 Å². The van der Waals surface area contributed by atoms with Gasteiger partial charge in [-0.25, -0.2) is 22.6 Å².